The summed E-state index contributed by atoms with van der Waals surface area (Å²) in [5.41, 5.74) is 40.2. The van der Waals surface area contributed by atoms with Crippen LogP contribution < -0.4 is 22.8 Å². The Kier molecular flexibility index (Phi) is 20.5. The fourth-order valence-corrected chi connectivity index (χ4v) is 17.2. The van der Waals surface area contributed by atoms with Crippen LogP contribution in [-0.2, 0) is 35.2 Å². The summed E-state index contributed by atoms with van der Waals surface area (Å²) in [6, 6.07) is 54.6. The first-order chi connectivity index (χ1) is 59.0. The van der Waals surface area contributed by atoms with Crippen LogP contribution in [0.5, 0.6) is 0 Å². The van der Waals surface area contributed by atoms with Gasteiger partial charge in [0, 0.05) is 145 Å². The van der Waals surface area contributed by atoms with E-state index in [1.54, 1.807) is 12.3 Å². The molecule has 0 aliphatic carbocycles. The molecule has 15 nitrogen and oxygen atoms in total. The Morgan fingerprint density at radius 1 is 0.256 bits per heavy atom. The van der Waals surface area contributed by atoms with Crippen LogP contribution in [0.25, 0.3) is 167 Å². The summed E-state index contributed by atoms with van der Waals surface area (Å²) in [5.74, 6) is 0.486. The standard InChI is InChI=1S/2C22H23N2O.2C21H21N2O.C20H19N2O/c1-12-10-18(24(6)11-15(12)4)20-14(3)9-13(2)19-17-8-7-16(5)23-22(17)25-21(19)20;1-13(2)16-10-11-24(5)19(12-16)20-14(3)6-8-17-18-9-7-15(4)23-22(18)25-21(17)20;1-12-6-9-17(23(5)11-12)19-14(3)10-13(2)18-16-8-7-15(4)22-21(16)24-20(18)19;1-12-6-8-16-17-9-7-15(4)22-21(17)24-20(16)19(12)18-10-13(2)14(3)11-23(18)5;1-12-5-10-17(22(4)11-12)18-13(2)6-8-15-16-9-7-14(3)21-20(16)23-19(15)18/h7-11H,1-6H3;6-13H,1-5H3;2*6-11H,1-5H3;5-11H,1-4H3/q5*+1/i;;;;1D3. The summed E-state index contributed by atoms with van der Waals surface area (Å²) in [6.45, 7) is 37.8. The number of nitrogens with zero attached hydrogens (tertiary/aromatic N) is 10. The molecule has 606 valence electrons. The second-order valence-electron chi connectivity index (χ2n) is 33.6. The molecule has 15 aromatic heterocycles. The molecule has 0 atom stereocenters. The van der Waals surface area contributed by atoms with Gasteiger partial charge in [0.15, 0.2) is 58.9 Å². The monoisotopic (exact) mass is 1600 g/mol. The molecule has 15 heteroatoms. The quantitative estimate of drug-likeness (QED) is 0.147. The van der Waals surface area contributed by atoms with Gasteiger partial charge in [-0.15, -0.1) is 0 Å². The lowest BCUT2D eigenvalue weighted by molar-refractivity contribution is -0.660. The number of benzene rings is 5. The maximum Gasteiger partial charge on any atom is 0.227 e. The second-order valence-corrected chi connectivity index (χ2v) is 33.6. The third-order valence-corrected chi connectivity index (χ3v) is 23.9. The number of fused-ring (bicyclic) bond motifs is 15. The molecule has 15 heterocycles. The van der Waals surface area contributed by atoms with Gasteiger partial charge in [0.05, 0.1) is 27.8 Å². The minimum atomic E-state index is -2.13. The molecular formula is C106H107N10O5+5. The van der Waals surface area contributed by atoms with Gasteiger partial charge in [-0.3, -0.25) is 0 Å². The molecule has 0 spiro atoms. The van der Waals surface area contributed by atoms with Crippen molar-refractivity contribution in [2.24, 2.45) is 35.2 Å². The van der Waals surface area contributed by atoms with Crippen molar-refractivity contribution >= 4 is 110 Å². The van der Waals surface area contributed by atoms with E-state index in [-0.39, 0.29) is 0 Å². The summed E-state index contributed by atoms with van der Waals surface area (Å²) in [6.07, 6.45) is 10.3. The summed E-state index contributed by atoms with van der Waals surface area (Å²) in [7, 11) is 10.2. The van der Waals surface area contributed by atoms with Gasteiger partial charge in [0.2, 0.25) is 57.0 Å². The smallest absolute Gasteiger partial charge is 0.227 e. The largest absolute Gasteiger partial charge is 0.437 e. The first-order valence-corrected chi connectivity index (χ1v) is 41.4. The predicted molar refractivity (Wildman–Crippen MR) is 490 cm³/mol. The van der Waals surface area contributed by atoms with Crippen LogP contribution in [0, 0.1) is 125 Å². The summed E-state index contributed by atoms with van der Waals surface area (Å²) in [5, 5.41) is 10.9. The van der Waals surface area contributed by atoms with Crippen molar-refractivity contribution in [2.75, 3.05) is 0 Å². The van der Waals surface area contributed by atoms with Crippen LogP contribution >= 0.6 is 0 Å². The van der Waals surface area contributed by atoms with E-state index in [1.165, 1.54) is 88.9 Å². The minimum absolute atomic E-state index is 0.315. The fraction of sp³-hybridized carbons (Fsp3) is 0.245. The highest BCUT2D eigenvalue weighted by Gasteiger charge is 2.29. The van der Waals surface area contributed by atoms with Crippen LogP contribution in [0.3, 0.4) is 0 Å². The summed E-state index contributed by atoms with van der Waals surface area (Å²) in [4.78, 5) is 22.8. The van der Waals surface area contributed by atoms with E-state index in [9.17, 15) is 0 Å². The molecule has 121 heavy (non-hydrogen) atoms. The Hall–Kier alpha value is -13.4. The molecule has 0 saturated carbocycles. The molecule has 0 fully saturated rings. The Balaban J connectivity index is 0.000000115. The van der Waals surface area contributed by atoms with Gasteiger partial charge in [0.1, 0.15) is 35.2 Å². The van der Waals surface area contributed by atoms with Gasteiger partial charge in [-0.25, -0.2) is 47.8 Å². The highest BCUT2D eigenvalue weighted by Crippen LogP contribution is 2.44. The molecule has 20 aromatic rings. The first kappa shape index (κ1) is 77.5. The molecule has 5 aromatic carbocycles. The zero-order chi connectivity index (χ0) is 88.2. The lowest BCUT2D eigenvalue weighted by Gasteiger charge is -2.09. The Morgan fingerprint density at radius 2 is 0.562 bits per heavy atom. The van der Waals surface area contributed by atoms with E-state index in [2.05, 4.69) is 289 Å². The van der Waals surface area contributed by atoms with Gasteiger partial charge >= 0.3 is 0 Å². The molecule has 0 N–H and O–H groups in total. The van der Waals surface area contributed by atoms with Crippen LogP contribution in [0.15, 0.2) is 211 Å². The molecular weight excluding hydrogens is 1490 g/mol. The SMILES string of the molecule is Cc1ccc(-c2c(C)cc(C)c3c2oc2nc(C)ccc23)[n+](C)c1.Cc1ccc2c(n1)oc1c(-c3cc(C(C)C)cc[n+]3C)c(C)ccc12.Cc1ccc2c(n1)oc1c(-c3cc(C)c(C)c[n+]3C)c(C)cc(C)c12.Cc1ccc2c(n1)oc1c(-c3cc(C)c(C)c[n+]3C)c(C)ccc12.[2H]C([2H])([2H])c1ccc(-c2c(C)ccc3c2oc2nc(C)ccc23)[n+](C)c1. The van der Waals surface area contributed by atoms with E-state index in [0.717, 1.165) is 161 Å². The van der Waals surface area contributed by atoms with Gasteiger partial charge in [0.25, 0.3) is 0 Å². The molecule has 0 bridgehead atoms. The average molecular weight is 1600 g/mol. The van der Waals surface area contributed by atoms with Gasteiger partial charge in [-0.2, -0.15) is 0 Å². The lowest BCUT2D eigenvalue weighted by Crippen LogP contribution is -2.31. The highest BCUT2D eigenvalue weighted by atomic mass is 16.4. The first-order valence-electron chi connectivity index (χ1n) is 42.9. The third kappa shape index (κ3) is 15.1. The third-order valence-electron chi connectivity index (χ3n) is 23.9. The minimum Gasteiger partial charge on any atom is -0.437 e. The number of aryl methyl sites for hydroxylation is 23. The molecule has 20 rings (SSSR count). The Labute approximate surface area is 711 Å². The number of pyridine rings is 10. The normalized spacial score (nSPS) is 12.1. The van der Waals surface area contributed by atoms with E-state index < -0.39 is 6.85 Å². The molecule has 0 radical (unpaired) electrons. The van der Waals surface area contributed by atoms with Crippen molar-refractivity contribution in [2.45, 2.75) is 144 Å². The van der Waals surface area contributed by atoms with E-state index in [1.807, 2.05) is 102 Å². The number of furan rings is 5. The molecule has 0 amide bonds. The van der Waals surface area contributed by atoms with Gasteiger partial charge in [-0.1, -0.05) is 62.4 Å². The maximum absolute atomic E-state index is 7.60. The van der Waals surface area contributed by atoms with Crippen LogP contribution in [0.1, 0.15) is 130 Å². The number of rotatable bonds is 6. The summed E-state index contributed by atoms with van der Waals surface area (Å²) < 4.78 is 64.4. The Morgan fingerprint density at radius 3 is 0.934 bits per heavy atom. The molecule has 0 saturated heterocycles. The number of hydrogen-bond acceptors (Lipinski definition) is 10. The molecule has 0 unspecified atom stereocenters. The topological polar surface area (TPSA) is 150 Å². The molecule has 0 aliphatic rings. The Bertz CT molecular complexity index is 7750. The van der Waals surface area contributed by atoms with Crippen molar-refractivity contribution in [3.8, 4) is 56.3 Å². The fourth-order valence-electron chi connectivity index (χ4n) is 17.2. The number of aromatic nitrogens is 10. The predicted octanol–water partition coefficient (Wildman–Crippen LogP) is 24.0. The van der Waals surface area contributed by atoms with Crippen LogP contribution in [-0.4, -0.2) is 24.9 Å². The zero-order valence-electron chi connectivity index (χ0n) is 77.0. The highest BCUT2D eigenvalue weighted by molar-refractivity contribution is 6.14. The molecule has 0 aliphatic heterocycles. The van der Waals surface area contributed by atoms with Crippen molar-refractivity contribution in [3.63, 3.8) is 0 Å². The zero-order valence-corrected chi connectivity index (χ0v) is 74.0. The van der Waals surface area contributed by atoms with Crippen LogP contribution in [0.2, 0.25) is 0 Å². The number of hydrogen-bond donors (Lipinski definition) is 0. The van der Waals surface area contributed by atoms with Crippen molar-refractivity contribution in [1.29, 1.82) is 0 Å². The average Bonchev–Trinajstić information content (AvgIpc) is 1.60. The second kappa shape index (κ2) is 32.0. The van der Waals surface area contributed by atoms with Crippen molar-refractivity contribution < 1.29 is 49.0 Å². The van der Waals surface area contributed by atoms with Gasteiger partial charge < -0.3 is 22.1 Å². The van der Waals surface area contributed by atoms with Crippen molar-refractivity contribution in [1.82, 2.24) is 24.9 Å². The van der Waals surface area contributed by atoms with E-state index in [4.69, 9.17) is 26.2 Å². The van der Waals surface area contributed by atoms with Crippen LogP contribution in [0.4, 0.5) is 0 Å². The van der Waals surface area contributed by atoms with E-state index >= 15 is 0 Å². The van der Waals surface area contributed by atoms with Gasteiger partial charge in [-0.05, 0) is 259 Å². The lowest BCUT2D eigenvalue weighted by atomic mass is 9.96. The maximum atomic E-state index is 7.60. The summed E-state index contributed by atoms with van der Waals surface area (Å²) >= 11 is 0. The van der Waals surface area contributed by atoms with Crippen molar-refractivity contribution in [3.05, 3.63) is 295 Å². The van der Waals surface area contributed by atoms with E-state index in [0.29, 0.717) is 28.6 Å².